The first-order chi connectivity index (χ1) is 9.93. The highest BCUT2D eigenvalue weighted by molar-refractivity contribution is 9.09. The van der Waals surface area contributed by atoms with Crippen molar-refractivity contribution >= 4 is 33.6 Å². The lowest BCUT2D eigenvalue weighted by atomic mass is 10.4. The van der Waals surface area contributed by atoms with Crippen molar-refractivity contribution in [2.24, 2.45) is 0 Å². The van der Waals surface area contributed by atoms with Crippen LogP contribution in [0.1, 0.15) is 19.3 Å². The predicted molar refractivity (Wildman–Crippen MR) is 96.9 cm³/mol. The summed E-state index contributed by atoms with van der Waals surface area (Å²) in [5.41, 5.74) is 0. The maximum Gasteiger partial charge on any atom is 0.314 e. The molecule has 0 saturated heterocycles. The van der Waals surface area contributed by atoms with Gasteiger partial charge in [-0.25, -0.2) is 4.79 Å². The van der Waals surface area contributed by atoms with E-state index in [1.807, 2.05) is 28.2 Å². The molecule has 0 aromatic rings. The van der Waals surface area contributed by atoms with E-state index in [1.54, 1.807) is 0 Å². The van der Waals surface area contributed by atoms with Gasteiger partial charge in [0.15, 0.2) is 0 Å². The Bertz CT molecular complexity index is 211. The molecule has 0 bridgehead atoms. The molecule has 0 heterocycles. The Labute approximate surface area is 143 Å². The summed E-state index contributed by atoms with van der Waals surface area (Å²) in [6.07, 6.45) is 3.04. The molecule has 0 spiro atoms. The summed E-state index contributed by atoms with van der Waals surface area (Å²) in [6, 6.07) is -0.0579. The normalized spacial score (nSPS) is 10.3. The van der Waals surface area contributed by atoms with E-state index in [0.717, 1.165) is 56.7 Å². The van der Waals surface area contributed by atoms with Crippen molar-refractivity contribution in [1.82, 2.24) is 20.4 Å². The Hall–Kier alpha value is -0.0400. The highest BCUT2D eigenvalue weighted by atomic mass is 79.9. The summed E-state index contributed by atoms with van der Waals surface area (Å²) < 4.78 is 0. The van der Waals surface area contributed by atoms with Gasteiger partial charge >= 0.3 is 6.03 Å². The lowest BCUT2D eigenvalue weighted by Gasteiger charge is -2.12. The quantitative estimate of drug-likeness (QED) is 0.446. The second-order valence-electron chi connectivity index (χ2n) is 5.23. The highest BCUT2D eigenvalue weighted by Gasteiger charge is 1.98. The summed E-state index contributed by atoms with van der Waals surface area (Å²) in [4.78, 5) is 15.5. The molecule has 21 heavy (non-hydrogen) atoms. The molecule has 0 saturated carbocycles. The van der Waals surface area contributed by atoms with Gasteiger partial charge < -0.3 is 20.4 Å². The van der Waals surface area contributed by atoms with E-state index >= 15 is 0 Å². The van der Waals surface area contributed by atoms with Gasteiger partial charge in [-0.3, -0.25) is 0 Å². The highest BCUT2D eigenvalue weighted by Crippen LogP contribution is 1.87. The molecule has 5 nitrogen and oxygen atoms in total. The zero-order chi connectivity index (χ0) is 16.5. The van der Waals surface area contributed by atoms with Gasteiger partial charge in [-0.2, -0.15) is 0 Å². The summed E-state index contributed by atoms with van der Waals surface area (Å²) >= 11 is 8.50. The van der Waals surface area contributed by atoms with Crippen LogP contribution in [0.2, 0.25) is 0 Å². The number of hydrogen-bond acceptors (Lipinski definition) is 3. The number of alkyl halides is 2. The number of carbonyl (C=O) groups is 1. The Morgan fingerprint density at radius 1 is 0.952 bits per heavy atom. The first-order valence-electron chi connectivity index (χ1n) is 7.37. The van der Waals surface area contributed by atoms with Crippen LogP contribution in [0.5, 0.6) is 0 Å². The fourth-order valence-electron chi connectivity index (χ4n) is 1.31. The van der Waals surface area contributed by atoms with Gasteiger partial charge in [0.05, 0.1) is 0 Å². The van der Waals surface area contributed by atoms with Crippen LogP contribution in [0.4, 0.5) is 4.79 Å². The van der Waals surface area contributed by atoms with E-state index in [1.165, 1.54) is 0 Å². The topological polar surface area (TPSA) is 47.6 Å². The summed E-state index contributed by atoms with van der Waals surface area (Å²) in [5.74, 6) is 0.769. The van der Waals surface area contributed by atoms with Gasteiger partial charge in [0.2, 0.25) is 0 Å². The number of nitrogens with one attached hydrogen (secondary N) is 2. The van der Waals surface area contributed by atoms with E-state index in [9.17, 15) is 4.79 Å². The molecule has 0 rings (SSSR count). The van der Waals surface area contributed by atoms with E-state index in [0.29, 0.717) is 0 Å². The molecule has 0 radical (unpaired) electrons. The van der Waals surface area contributed by atoms with Crippen LogP contribution in [0, 0.1) is 0 Å². The molecule has 7 heteroatoms. The molecule has 0 aliphatic rings. The third kappa shape index (κ3) is 25.3. The van der Waals surface area contributed by atoms with Crippen molar-refractivity contribution in [3.05, 3.63) is 0 Å². The van der Waals surface area contributed by atoms with E-state index in [2.05, 4.69) is 36.4 Å². The number of carbonyl (C=O) groups excluding carboxylic acids is 1. The lowest BCUT2D eigenvalue weighted by molar-refractivity contribution is 0.239. The fraction of sp³-hybridized carbons (Fsp3) is 0.929. The molecule has 2 amide bonds. The van der Waals surface area contributed by atoms with Crippen molar-refractivity contribution < 1.29 is 4.79 Å². The average molecular weight is 388 g/mol. The van der Waals surface area contributed by atoms with Crippen molar-refractivity contribution in [2.45, 2.75) is 19.3 Å². The zero-order valence-electron chi connectivity index (χ0n) is 13.9. The SMILES string of the molecule is CN(C)CCCNC(=O)NCCCN(C)C.ClCCCBr. The molecule has 0 aliphatic carbocycles. The number of urea groups is 1. The van der Waals surface area contributed by atoms with Gasteiger partial charge in [-0.1, -0.05) is 15.9 Å². The summed E-state index contributed by atoms with van der Waals surface area (Å²) in [6.45, 7) is 3.47. The van der Waals surface area contributed by atoms with Crippen molar-refractivity contribution in [1.29, 1.82) is 0 Å². The molecule has 0 aromatic carbocycles. The van der Waals surface area contributed by atoms with Gasteiger partial charge in [0.1, 0.15) is 0 Å². The second kappa shape index (κ2) is 18.0. The van der Waals surface area contributed by atoms with Crippen LogP contribution in [-0.2, 0) is 0 Å². The summed E-state index contributed by atoms with van der Waals surface area (Å²) in [5, 5.41) is 6.70. The number of halogens is 2. The minimum Gasteiger partial charge on any atom is -0.338 e. The smallest absolute Gasteiger partial charge is 0.314 e. The molecule has 128 valence electrons. The molecule has 0 unspecified atom stereocenters. The summed E-state index contributed by atoms with van der Waals surface area (Å²) in [7, 11) is 8.12. The minimum absolute atomic E-state index is 0.0579. The zero-order valence-corrected chi connectivity index (χ0v) is 16.3. The molecule has 0 aromatic heterocycles. The number of hydrogen-bond donors (Lipinski definition) is 2. The van der Waals surface area contributed by atoms with Crippen LogP contribution in [0.15, 0.2) is 0 Å². The van der Waals surface area contributed by atoms with Gasteiger partial charge in [-0.15, -0.1) is 11.6 Å². The Kier molecular flexibility index (Phi) is 19.9. The van der Waals surface area contributed by atoms with Gasteiger partial charge in [-0.05, 0) is 60.5 Å². The van der Waals surface area contributed by atoms with Crippen molar-refractivity contribution in [3.8, 4) is 0 Å². The number of amides is 2. The Morgan fingerprint density at radius 3 is 1.62 bits per heavy atom. The maximum atomic E-state index is 11.3. The van der Waals surface area contributed by atoms with Crippen LogP contribution < -0.4 is 10.6 Å². The minimum atomic E-state index is -0.0579. The van der Waals surface area contributed by atoms with Crippen molar-refractivity contribution in [2.75, 3.05) is 65.6 Å². The van der Waals surface area contributed by atoms with Crippen LogP contribution in [-0.4, -0.2) is 81.4 Å². The standard InChI is InChI=1S/C11H26N4O.C3H6BrCl/c1-14(2)9-5-7-12-11(16)13-8-6-10-15(3)4;4-2-1-3-5/h5-10H2,1-4H3,(H2,12,13,16);1-3H2. The molecular formula is C14H32BrClN4O. The van der Waals surface area contributed by atoms with Crippen LogP contribution in [0.3, 0.4) is 0 Å². The van der Waals surface area contributed by atoms with Crippen LogP contribution in [0.25, 0.3) is 0 Å². The van der Waals surface area contributed by atoms with Gasteiger partial charge in [0, 0.05) is 24.3 Å². The predicted octanol–water partition coefficient (Wildman–Crippen LogP) is 2.20. The average Bonchev–Trinajstić information content (AvgIpc) is 2.41. The van der Waals surface area contributed by atoms with E-state index < -0.39 is 0 Å². The second-order valence-corrected chi connectivity index (χ2v) is 6.40. The molecular weight excluding hydrogens is 356 g/mol. The number of rotatable bonds is 10. The Morgan fingerprint density at radius 2 is 1.38 bits per heavy atom. The maximum absolute atomic E-state index is 11.3. The van der Waals surface area contributed by atoms with Gasteiger partial charge in [0.25, 0.3) is 0 Å². The lowest BCUT2D eigenvalue weighted by Crippen LogP contribution is -2.37. The molecule has 0 fully saturated rings. The first kappa shape index (κ1) is 23.2. The van der Waals surface area contributed by atoms with E-state index in [4.69, 9.17) is 11.6 Å². The fourth-order valence-corrected chi connectivity index (χ4v) is 2.04. The molecule has 0 aliphatic heterocycles. The van der Waals surface area contributed by atoms with Crippen LogP contribution >= 0.6 is 27.5 Å². The Balaban J connectivity index is 0. The molecule has 2 N–H and O–H groups in total. The third-order valence-electron chi connectivity index (χ3n) is 2.40. The number of nitrogens with zero attached hydrogens (tertiary/aromatic N) is 2. The molecule has 0 atom stereocenters. The monoisotopic (exact) mass is 386 g/mol. The van der Waals surface area contributed by atoms with E-state index in [-0.39, 0.29) is 6.03 Å². The first-order valence-corrected chi connectivity index (χ1v) is 9.02. The van der Waals surface area contributed by atoms with Crippen molar-refractivity contribution in [3.63, 3.8) is 0 Å². The third-order valence-corrected chi connectivity index (χ3v) is 3.23. The largest absolute Gasteiger partial charge is 0.338 e.